The summed E-state index contributed by atoms with van der Waals surface area (Å²) in [5.74, 6) is 0.857. The van der Waals surface area contributed by atoms with E-state index in [0.29, 0.717) is 6.54 Å². The van der Waals surface area contributed by atoms with Gasteiger partial charge in [0, 0.05) is 45.8 Å². The summed E-state index contributed by atoms with van der Waals surface area (Å²) in [6, 6.07) is 18.2. The smallest absolute Gasteiger partial charge is 0.302 e. The molecule has 11 heteroatoms. The normalized spacial score (nSPS) is 11.2. The van der Waals surface area contributed by atoms with Gasteiger partial charge in [-0.25, -0.2) is 6.57 Å². The molecule has 414 valence electrons. The number of hydrogen-bond acceptors (Lipinski definition) is 10. The SMILES string of the molecule is C=CCC(C)(C)C(C)=O.CC(=O)C(C)(C)C.CC(=O)C(C)(C)CO.CC(=O)C(C)(C)Cc1ccc(C)cc1.CC(=O)C(C)(C)c1ccccc1.CC(=O)OCC(C)(C)C(C)=O.[C-]#[N+]CCC(CC)(CC)C(C)=O. The minimum atomic E-state index is -0.550. The van der Waals surface area contributed by atoms with Crippen molar-refractivity contribution in [2.24, 2.45) is 32.5 Å². The molecule has 0 spiro atoms. The quantitative estimate of drug-likeness (QED) is 0.0861. The van der Waals surface area contributed by atoms with Gasteiger partial charge in [-0.2, -0.15) is 0 Å². The molecule has 1 N–H and O–H groups in total. The van der Waals surface area contributed by atoms with E-state index in [2.05, 4.69) is 42.6 Å². The van der Waals surface area contributed by atoms with E-state index in [-0.39, 0.29) is 86.7 Å². The molecule has 0 aliphatic carbocycles. The maximum absolute atomic E-state index is 11.3. The van der Waals surface area contributed by atoms with Crippen LogP contribution >= 0.6 is 0 Å². The molecule has 0 aliphatic rings. The fraction of sp³-hybridized carbons (Fsp3) is 0.629. The highest BCUT2D eigenvalue weighted by molar-refractivity contribution is 5.87. The fourth-order valence-electron chi connectivity index (χ4n) is 4.95. The minimum Gasteiger partial charge on any atom is -0.465 e. The van der Waals surface area contributed by atoms with Crippen LogP contribution < -0.4 is 0 Å². The Hall–Kier alpha value is -5.21. The third-order valence-electron chi connectivity index (χ3n) is 13.5. The highest BCUT2D eigenvalue weighted by Crippen LogP contribution is 2.31. The maximum Gasteiger partial charge on any atom is 0.302 e. The zero-order valence-corrected chi connectivity index (χ0v) is 50.2. The Kier molecular flexibility index (Phi) is 37.7. The number of carbonyl (C=O) groups is 8. The summed E-state index contributed by atoms with van der Waals surface area (Å²) in [6.07, 6.45) is 5.80. The first-order chi connectivity index (χ1) is 32.9. The molecular weight excluding hydrogens is 919 g/mol. The molecule has 0 heterocycles. The first kappa shape index (κ1) is 76.7. The van der Waals surface area contributed by atoms with Crippen LogP contribution in [0.4, 0.5) is 0 Å². The van der Waals surface area contributed by atoms with Crippen LogP contribution in [0.25, 0.3) is 4.85 Å². The summed E-state index contributed by atoms with van der Waals surface area (Å²) in [7, 11) is 0. The van der Waals surface area contributed by atoms with Gasteiger partial charge >= 0.3 is 5.97 Å². The summed E-state index contributed by atoms with van der Waals surface area (Å²) in [4.78, 5) is 90.3. The van der Waals surface area contributed by atoms with Gasteiger partial charge in [-0.3, -0.25) is 38.4 Å². The van der Waals surface area contributed by atoms with Gasteiger partial charge in [-0.05, 0) is 120 Å². The number of ether oxygens (including phenoxy) is 1. The van der Waals surface area contributed by atoms with Gasteiger partial charge < -0.3 is 14.7 Å². The molecule has 2 aromatic carbocycles. The predicted molar refractivity (Wildman–Crippen MR) is 301 cm³/mol. The van der Waals surface area contributed by atoms with Crippen molar-refractivity contribution in [3.05, 3.63) is 95.4 Å². The molecule has 0 radical (unpaired) electrons. The summed E-state index contributed by atoms with van der Waals surface area (Å²) in [6.45, 7) is 53.8. The predicted octanol–water partition coefficient (Wildman–Crippen LogP) is 14.0. The number of ketones is 7. The van der Waals surface area contributed by atoms with Crippen LogP contribution in [0.1, 0.15) is 202 Å². The van der Waals surface area contributed by atoms with Crippen molar-refractivity contribution in [3.8, 4) is 0 Å². The number of aryl methyl sites for hydroxylation is 1. The van der Waals surface area contributed by atoms with E-state index >= 15 is 0 Å². The number of aliphatic hydroxyl groups is 1. The van der Waals surface area contributed by atoms with E-state index < -0.39 is 10.8 Å². The highest BCUT2D eigenvalue weighted by Gasteiger charge is 2.32. The Morgan fingerprint density at radius 2 is 0.973 bits per heavy atom. The van der Waals surface area contributed by atoms with Crippen molar-refractivity contribution in [2.75, 3.05) is 19.8 Å². The van der Waals surface area contributed by atoms with Crippen LogP contribution in [0.2, 0.25) is 0 Å². The topological polar surface area (TPSA) is 170 Å². The number of aliphatic hydroxyl groups excluding tert-OH is 1. The lowest BCUT2D eigenvalue weighted by Gasteiger charge is -2.26. The molecule has 0 bridgehead atoms. The zero-order chi connectivity index (χ0) is 59.0. The van der Waals surface area contributed by atoms with Crippen LogP contribution in [-0.2, 0) is 54.9 Å². The largest absolute Gasteiger partial charge is 0.465 e. The Balaban J connectivity index is -0.000000249. The third-order valence-corrected chi connectivity index (χ3v) is 13.5. The van der Waals surface area contributed by atoms with E-state index in [0.717, 1.165) is 37.7 Å². The molecule has 0 fully saturated rings. The number of allylic oxidation sites excluding steroid dienone is 1. The van der Waals surface area contributed by atoms with Crippen molar-refractivity contribution in [1.29, 1.82) is 0 Å². The number of benzene rings is 2. The lowest BCUT2D eigenvalue weighted by Crippen LogP contribution is -2.28. The molecule has 0 aromatic heterocycles. The number of nitrogens with zero attached hydrogens (tertiary/aromatic N) is 1. The van der Waals surface area contributed by atoms with Gasteiger partial charge in [0.05, 0.1) is 12.0 Å². The van der Waals surface area contributed by atoms with Gasteiger partial charge in [0.25, 0.3) is 0 Å². The summed E-state index contributed by atoms with van der Waals surface area (Å²) < 4.78 is 4.71. The van der Waals surface area contributed by atoms with Crippen LogP contribution in [0.3, 0.4) is 0 Å². The van der Waals surface area contributed by atoms with Crippen LogP contribution in [0.5, 0.6) is 0 Å². The van der Waals surface area contributed by atoms with Crippen molar-refractivity contribution in [2.45, 2.75) is 204 Å². The molecule has 2 aromatic rings. The van der Waals surface area contributed by atoms with E-state index in [1.54, 1.807) is 68.4 Å². The molecule has 0 atom stereocenters. The van der Waals surface area contributed by atoms with Gasteiger partial charge in [-0.1, -0.05) is 142 Å². The average Bonchev–Trinajstić information content (AvgIpc) is 3.28. The lowest BCUT2D eigenvalue weighted by molar-refractivity contribution is -0.146. The zero-order valence-electron chi connectivity index (χ0n) is 50.2. The Labute approximate surface area is 444 Å². The van der Waals surface area contributed by atoms with E-state index in [1.807, 2.05) is 106 Å². The second kappa shape index (κ2) is 35.9. The standard InChI is InChI=1S/C13H18O.C11H14O.C10H17NO.C8H14O3.C8H14O.C6H12O2.C6H12O/c1-10-5-7-12(8-6-10)9-13(3,4)11(2)14;1-9(12)11(2,3)10-7-5-4-6-8-10;1-5-10(6-2,9(3)12)7-8-11-4;1-6(9)8(3,4)5-11-7(2)10;1-5-6-8(3,4)7(2)9;1-5(8)6(2,3)4-7;1-5(7)6(2,3)4/h5-8H,9H2,1-4H3;4-8H,1-3H3;5-8H2,1-3H3;5H2,1-4H3;5H,1,6H2,2-4H3;7H,4H2,1-3H3;1-4H3. The molecule has 0 unspecified atom stereocenters. The molecule has 2 rings (SSSR count). The van der Waals surface area contributed by atoms with Crippen molar-refractivity contribution in [1.82, 2.24) is 0 Å². The van der Waals surface area contributed by atoms with E-state index in [4.69, 9.17) is 16.4 Å². The van der Waals surface area contributed by atoms with Crippen molar-refractivity contribution >= 4 is 46.5 Å². The Bertz CT molecular complexity index is 2050. The van der Waals surface area contributed by atoms with Crippen LogP contribution in [-0.4, -0.2) is 71.3 Å². The van der Waals surface area contributed by atoms with Gasteiger partial charge in [0.15, 0.2) is 0 Å². The summed E-state index contributed by atoms with van der Waals surface area (Å²) in [5.41, 5.74) is 1.33. The summed E-state index contributed by atoms with van der Waals surface area (Å²) in [5, 5.41) is 8.54. The number of rotatable bonds is 18. The fourth-order valence-corrected chi connectivity index (χ4v) is 4.95. The highest BCUT2D eigenvalue weighted by atomic mass is 16.5. The van der Waals surface area contributed by atoms with Crippen molar-refractivity contribution < 1.29 is 48.2 Å². The van der Waals surface area contributed by atoms with Gasteiger partial charge in [0.2, 0.25) is 6.54 Å². The molecule has 73 heavy (non-hydrogen) atoms. The maximum atomic E-state index is 11.3. The average molecular weight is 1020 g/mol. The molecule has 0 amide bonds. The van der Waals surface area contributed by atoms with Crippen molar-refractivity contribution in [3.63, 3.8) is 0 Å². The molecule has 0 saturated carbocycles. The van der Waals surface area contributed by atoms with Gasteiger partial charge in [0.1, 0.15) is 47.1 Å². The number of esters is 1. The number of Topliss-reactive ketones (excluding diaryl/α,β-unsaturated/α-hetero) is 7. The second-order valence-corrected chi connectivity index (χ2v) is 22.9. The summed E-state index contributed by atoms with van der Waals surface area (Å²) >= 11 is 0. The van der Waals surface area contributed by atoms with E-state index in [9.17, 15) is 38.4 Å². The Morgan fingerprint density at radius 3 is 1.22 bits per heavy atom. The first-order valence-electron chi connectivity index (χ1n) is 25.3. The Morgan fingerprint density at radius 1 is 0.575 bits per heavy atom. The minimum absolute atomic E-state index is 0.0266. The second-order valence-electron chi connectivity index (χ2n) is 22.9. The van der Waals surface area contributed by atoms with Gasteiger partial charge in [-0.15, -0.1) is 6.58 Å². The first-order valence-corrected chi connectivity index (χ1v) is 25.3. The molecular formula is C62H101NO10. The van der Waals surface area contributed by atoms with E-state index in [1.165, 1.54) is 31.9 Å². The number of hydrogen-bond donors (Lipinski definition) is 1. The number of carbonyl (C=O) groups excluding carboxylic acids is 8. The monoisotopic (exact) mass is 1020 g/mol. The molecule has 0 saturated heterocycles. The van der Waals surface area contributed by atoms with Crippen LogP contribution in [0.15, 0.2) is 67.3 Å². The molecule has 11 nitrogen and oxygen atoms in total. The molecule has 0 aliphatic heterocycles. The van der Waals surface area contributed by atoms with Crippen LogP contribution in [0, 0.1) is 46.0 Å². The lowest BCUT2D eigenvalue weighted by atomic mass is 9.76. The third kappa shape index (κ3) is 34.8.